The van der Waals surface area contributed by atoms with Gasteiger partial charge < -0.3 is 4.90 Å². The van der Waals surface area contributed by atoms with Gasteiger partial charge >= 0.3 is 6.18 Å². The summed E-state index contributed by atoms with van der Waals surface area (Å²) in [6, 6.07) is 15.0. The van der Waals surface area contributed by atoms with Gasteiger partial charge in [-0.15, -0.1) is 11.6 Å². The fraction of sp³-hybridized carbons (Fsp3) is 0.250. The average molecular weight is 314 g/mol. The fourth-order valence-corrected chi connectivity index (χ4v) is 2.38. The first-order chi connectivity index (χ1) is 10.0. The second-order valence-corrected chi connectivity index (χ2v) is 4.99. The minimum absolute atomic E-state index is 0.162. The van der Waals surface area contributed by atoms with Crippen molar-refractivity contribution in [1.29, 1.82) is 0 Å². The van der Waals surface area contributed by atoms with Crippen molar-refractivity contribution in [2.75, 3.05) is 17.3 Å². The lowest BCUT2D eigenvalue weighted by Crippen LogP contribution is -2.27. The molecule has 0 spiro atoms. The number of hydrogen-bond acceptors (Lipinski definition) is 1. The molecule has 0 aliphatic carbocycles. The van der Waals surface area contributed by atoms with Gasteiger partial charge in [0.05, 0.1) is 5.56 Å². The molecule has 2 rings (SSSR count). The second kappa shape index (κ2) is 6.85. The quantitative estimate of drug-likeness (QED) is 0.706. The molecule has 5 heteroatoms. The highest BCUT2D eigenvalue weighted by atomic mass is 35.5. The number of rotatable bonds is 5. The van der Waals surface area contributed by atoms with Crippen molar-refractivity contribution in [1.82, 2.24) is 0 Å². The van der Waals surface area contributed by atoms with Crippen molar-refractivity contribution < 1.29 is 13.2 Å². The molecule has 0 heterocycles. The molecule has 0 amide bonds. The zero-order valence-electron chi connectivity index (χ0n) is 11.3. The van der Waals surface area contributed by atoms with Crippen molar-refractivity contribution in [3.63, 3.8) is 0 Å². The van der Waals surface area contributed by atoms with Crippen molar-refractivity contribution in [3.8, 4) is 0 Å². The largest absolute Gasteiger partial charge is 0.418 e. The molecule has 0 unspecified atom stereocenters. The number of hydrogen-bond donors (Lipinski definition) is 0. The predicted molar refractivity (Wildman–Crippen MR) is 79.7 cm³/mol. The van der Waals surface area contributed by atoms with Gasteiger partial charge in [-0.25, -0.2) is 0 Å². The normalized spacial score (nSPS) is 11.4. The van der Waals surface area contributed by atoms with Gasteiger partial charge in [0.25, 0.3) is 0 Å². The van der Waals surface area contributed by atoms with Crippen LogP contribution in [0.25, 0.3) is 0 Å². The molecular formula is C16H15ClF3N. The third kappa shape index (κ3) is 4.14. The minimum Gasteiger partial charge on any atom is -0.366 e. The molecule has 0 N–H and O–H groups in total. The SMILES string of the molecule is FC(F)(F)c1ccccc1N(CCCl)Cc1ccccc1. The van der Waals surface area contributed by atoms with Crippen LogP contribution in [0.3, 0.4) is 0 Å². The van der Waals surface area contributed by atoms with Crippen LogP contribution < -0.4 is 4.90 Å². The zero-order chi connectivity index (χ0) is 15.3. The first-order valence-corrected chi connectivity index (χ1v) is 7.07. The molecule has 112 valence electrons. The molecule has 0 bridgehead atoms. The highest BCUT2D eigenvalue weighted by Gasteiger charge is 2.34. The van der Waals surface area contributed by atoms with Crippen molar-refractivity contribution in [3.05, 3.63) is 65.7 Å². The smallest absolute Gasteiger partial charge is 0.366 e. The van der Waals surface area contributed by atoms with Crippen LogP contribution in [0.15, 0.2) is 54.6 Å². The Morgan fingerprint density at radius 1 is 0.905 bits per heavy atom. The van der Waals surface area contributed by atoms with Crippen LogP contribution in [0.5, 0.6) is 0 Å². The monoisotopic (exact) mass is 313 g/mol. The molecule has 21 heavy (non-hydrogen) atoms. The van der Waals surface area contributed by atoms with Crippen LogP contribution in [0.1, 0.15) is 11.1 Å². The molecule has 0 radical (unpaired) electrons. The van der Waals surface area contributed by atoms with Gasteiger partial charge in [0.1, 0.15) is 0 Å². The van der Waals surface area contributed by atoms with Crippen LogP contribution in [0.4, 0.5) is 18.9 Å². The summed E-state index contributed by atoms with van der Waals surface area (Å²) < 4.78 is 39.4. The molecule has 0 atom stereocenters. The number of nitrogens with zero attached hydrogens (tertiary/aromatic N) is 1. The lowest BCUT2D eigenvalue weighted by atomic mass is 10.1. The number of anilines is 1. The zero-order valence-corrected chi connectivity index (χ0v) is 12.0. The minimum atomic E-state index is -4.38. The maximum absolute atomic E-state index is 13.1. The Kier molecular flexibility index (Phi) is 5.12. The lowest BCUT2D eigenvalue weighted by Gasteiger charge is -2.27. The van der Waals surface area contributed by atoms with E-state index in [1.54, 1.807) is 11.0 Å². The molecule has 2 aromatic rings. The molecule has 0 fully saturated rings. The van der Waals surface area contributed by atoms with E-state index in [9.17, 15) is 13.2 Å². The topological polar surface area (TPSA) is 3.24 Å². The summed E-state index contributed by atoms with van der Waals surface area (Å²) in [5.74, 6) is 0.263. The van der Waals surface area contributed by atoms with Gasteiger partial charge in [0, 0.05) is 24.7 Å². The van der Waals surface area contributed by atoms with Gasteiger partial charge in [-0.05, 0) is 17.7 Å². The number of para-hydroxylation sites is 1. The first kappa shape index (κ1) is 15.7. The molecule has 0 aliphatic heterocycles. The van der Waals surface area contributed by atoms with Crippen LogP contribution in [-0.2, 0) is 12.7 Å². The van der Waals surface area contributed by atoms with Gasteiger partial charge in [-0.2, -0.15) is 13.2 Å². The summed E-state index contributed by atoms with van der Waals surface area (Å²) in [7, 11) is 0. The van der Waals surface area contributed by atoms with E-state index in [1.807, 2.05) is 30.3 Å². The second-order valence-electron chi connectivity index (χ2n) is 4.61. The Balaban J connectivity index is 2.35. The van der Waals surface area contributed by atoms with Crippen LogP contribution in [-0.4, -0.2) is 12.4 Å². The molecule has 0 saturated carbocycles. The van der Waals surface area contributed by atoms with E-state index >= 15 is 0 Å². The standard InChI is InChI=1S/C16H15ClF3N/c17-10-11-21(12-13-6-2-1-3-7-13)15-9-5-4-8-14(15)16(18,19)20/h1-9H,10-12H2. The van der Waals surface area contributed by atoms with Crippen molar-refractivity contribution in [2.24, 2.45) is 0 Å². The summed E-state index contributed by atoms with van der Waals surface area (Å²) in [6.07, 6.45) is -4.38. The van der Waals surface area contributed by atoms with Gasteiger partial charge in [-0.3, -0.25) is 0 Å². The summed E-state index contributed by atoms with van der Waals surface area (Å²) in [5, 5.41) is 0. The van der Waals surface area contributed by atoms with Gasteiger partial charge in [-0.1, -0.05) is 42.5 Å². The molecular weight excluding hydrogens is 299 g/mol. The summed E-state index contributed by atoms with van der Waals surface area (Å²) >= 11 is 5.76. The molecule has 0 saturated heterocycles. The Labute approximate surface area is 127 Å². The van der Waals surface area contributed by atoms with Gasteiger partial charge in [0.15, 0.2) is 0 Å². The van der Waals surface area contributed by atoms with E-state index < -0.39 is 11.7 Å². The maximum Gasteiger partial charge on any atom is 0.418 e. The Bertz CT molecular complexity index is 569. The van der Waals surface area contributed by atoms with E-state index in [0.29, 0.717) is 13.1 Å². The van der Waals surface area contributed by atoms with Crippen LogP contribution in [0.2, 0.25) is 0 Å². The van der Waals surface area contributed by atoms with Crippen LogP contribution >= 0.6 is 11.6 Å². The van der Waals surface area contributed by atoms with E-state index in [2.05, 4.69) is 0 Å². The number of alkyl halides is 4. The van der Waals surface area contributed by atoms with E-state index in [4.69, 9.17) is 11.6 Å². The number of benzene rings is 2. The van der Waals surface area contributed by atoms with E-state index in [1.165, 1.54) is 12.1 Å². The highest BCUT2D eigenvalue weighted by Crippen LogP contribution is 2.36. The van der Waals surface area contributed by atoms with Crippen LogP contribution in [0, 0.1) is 0 Å². The van der Waals surface area contributed by atoms with Crippen molar-refractivity contribution in [2.45, 2.75) is 12.7 Å². The fourth-order valence-electron chi connectivity index (χ4n) is 2.18. The summed E-state index contributed by atoms with van der Waals surface area (Å²) in [6.45, 7) is 0.740. The molecule has 0 aromatic heterocycles. The molecule has 2 aromatic carbocycles. The Hall–Kier alpha value is -1.68. The van der Waals surface area contributed by atoms with Gasteiger partial charge in [0.2, 0.25) is 0 Å². The Morgan fingerprint density at radius 3 is 2.14 bits per heavy atom. The maximum atomic E-state index is 13.1. The third-order valence-electron chi connectivity index (χ3n) is 3.12. The molecule has 1 nitrogen and oxygen atoms in total. The third-order valence-corrected chi connectivity index (χ3v) is 3.29. The predicted octanol–water partition coefficient (Wildman–Crippen LogP) is 4.95. The lowest BCUT2D eigenvalue weighted by molar-refractivity contribution is -0.137. The van der Waals surface area contributed by atoms with E-state index in [-0.39, 0.29) is 11.6 Å². The van der Waals surface area contributed by atoms with Crippen molar-refractivity contribution >= 4 is 17.3 Å². The Morgan fingerprint density at radius 2 is 1.52 bits per heavy atom. The highest BCUT2D eigenvalue weighted by molar-refractivity contribution is 6.18. The summed E-state index contributed by atoms with van der Waals surface area (Å²) in [4.78, 5) is 1.66. The summed E-state index contributed by atoms with van der Waals surface area (Å²) in [5.41, 5.74) is 0.472. The average Bonchev–Trinajstić information content (AvgIpc) is 2.47. The first-order valence-electron chi connectivity index (χ1n) is 6.53. The molecule has 0 aliphatic rings. The number of halogens is 4. The van der Waals surface area contributed by atoms with E-state index in [0.717, 1.165) is 11.6 Å².